The van der Waals surface area contributed by atoms with E-state index in [1.165, 1.54) is 44.1 Å². The highest BCUT2D eigenvalue weighted by Crippen LogP contribution is 2.17. The molecule has 0 radical (unpaired) electrons. The van der Waals surface area contributed by atoms with Crippen LogP contribution in [0.15, 0.2) is 24.3 Å². The number of nitrogens with one attached hydrogen (secondary N) is 2. The van der Waals surface area contributed by atoms with Crippen molar-refractivity contribution in [2.24, 2.45) is 0 Å². The molecule has 26 heavy (non-hydrogen) atoms. The number of benzene rings is 1. The molecule has 1 heterocycles. The maximum Gasteiger partial charge on any atom is 0.240 e. The molecule has 0 aliphatic rings. The summed E-state index contributed by atoms with van der Waals surface area (Å²) in [5.41, 5.74) is 2.13. The van der Waals surface area contributed by atoms with Crippen molar-refractivity contribution >= 4 is 18.1 Å². The summed E-state index contributed by atoms with van der Waals surface area (Å²) in [5, 5.41) is 10.1. The van der Waals surface area contributed by atoms with Crippen LogP contribution in [0.25, 0.3) is 11.4 Å². The summed E-state index contributed by atoms with van der Waals surface area (Å²) in [6, 6.07) is 8.04. The summed E-state index contributed by atoms with van der Waals surface area (Å²) < 4.78 is 2.21. The molecule has 0 fully saturated rings. The minimum Gasteiger partial charge on any atom is -0.355 e. The van der Waals surface area contributed by atoms with Gasteiger partial charge in [0.1, 0.15) is 6.54 Å². The van der Waals surface area contributed by atoms with Crippen LogP contribution in [0.5, 0.6) is 0 Å². The van der Waals surface area contributed by atoms with Gasteiger partial charge in [-0.15, -0.1) is 0 Å². The van der Waals surface area contributed by atoms with Gasteiger partial charge in [-0.05, 0) is 25.6 Å². The molecule has 0 unspecified atom stereocenters. The molecule has 2 rings (SSSR count). The van der Waals surface area contributed by atoms with Crippen LogP contribution in [0.1, 0.15) is 57.4 Å². The van der Waals surface area contributed by atoms with Crippen LogP contribution in [0.4, 0.5) is 0 Å². The van der Waals surface area contributed by atoms with Crippen molar-refractivity contribution in [3.63, 3.8) is 0 Å². The Morgan fingerprint density at radius 2 is 1.77 bits per heavy atom. The fraction of sp³-hybridized carbons (Fsp3) is 0.550. The fourth-order valence-corrected chi connectivity index (χ4v) is 3.09. The zero-order valence-electron chi connectivity index (χ0n) is 15.9. The maximum absolute atomic E-state index is 12.3. The Hall–Kier alpha value is -1.95. The summed E-state index contributed by atoms with van der Waals surface area (Å²) >= 11 is 5.29. The highest BCUT2D eigenvalue weighted by molar-refractivity contribution is 7.71. The van der Waals surface area contributed by atoms with E-state index in [1.807, 2.05) is 31.2 Å². The second kappa shape index (κ2) is 10.9. The fourth-order valence-electron chi connectivity index (χ4n) is 2.90. The molecule has 5 nitrogen and oxygen atoms in total. The molecule has 0 atom stereocenters. The van der Waals surface area contributed by atoms with Crippen molar-refractivity contribution in [1.82, 2.24) is 20.1 Å². The van der Waals surface area contributed by atoms with Gasteiger partial charge in [-0.2, -0.15) is 5.10 Å². The third kappa shape index (κ3) is 6.41. The molecule has 2 aromatic rings. The van der Waals surface area contributed by atoms with Gasteiger partial charge < -0.3 is 5.32 Å². The number of amides is 1. The van der Waals surface area contributed by atoms with Crippen LogP contribution in [0, 0.1) is 11.7 Å². The number of aromatic amines is 1. The van der Waals surface area contributed by atoms with Crippen molar-refractivity contribution in [3.8, 4) is 11.4 Å². The highest BCUT2D eigenvalue weighted by atomic mass is 32.1. The Bertz CT molecular complexity index is 733. The molecule has 6 heteroatoms. The lowest BCUT2D eigenvalue weighted by Crippen LogP contribution is -2.28. The van der Waals surface area contributed by atoms with Gasteiger partial charge in [0.2, 0.25) is 5.91 Å². The SMILES string of the molecule is CCCCCCCCCNC(=O)Cn1c(-c2ccc(C)cc2)n[nH]c1=S. The Labute approximate surface area is 161 Å². The van der Waals surface area contributed by atoms with Crippen LogP contribution >= 0.6 is 12.2 Å². The number of hydrogen-bond acceptors (Lipinski definition) is 3. The second-order valence-electron chi connectivity index (χ2n) is 6.78. The maximum atomic E-state index is 12.3. The van der Waals surface area contributed by atoms with E-state index >= 15 is 0 Å². The molecule has 1 aromatic carbocycles. The minimum absolute atomic E-state index is 0.0261. The summed E-state index contributed by atoms with van der Waals surface area (Å²) in [6.07, 6.45) is 8.67. The predicted octanol–water partition coefficient (Wildman–Crippen LogP) is 4.78. The van der Waals surface area contributed by atoms with Gasteiger partial charge >= 0.3 is 0 Å². The van der Waals surface area contributed by atoms with E-state index in [1.54, 1.807) is 4.57 Å². The summed E-state index contributed by atoms with van der Waals surface area (Å²) in [4.78, 5) is 12.3. The first kappa shape index (κ1) is 20.4. The predicted molar refractivity (Wildman–Crippen MR) is 109 cm³/mol. The normalized spacial score (nSPS) is 10.8. The summed E-state index contributed by atoms with van der Waals surface area (Å²) in [7, 11) is 0. The molecule has 0 aliphatic heterocycles. The summed E-state index contributed by atoms with van der Waals surface area (Å²) in [5.74, 6) is 0.669. The first-order valence-electron chi connectivity index (χ1n) is 9.60. The molecule has 1 aromatic heterocycles. The number of rotatable bonds is 11. The van der Waals surface area contributed by atoms with Crippen molar-refractivity contribution < 1.29 is 4.79 Å². The molecule has 0 spiro atoms. The number of H-pyrrole nitrogens is 1. The number of unbranched alkanes of at least 4 members (excludes halogenated alkanes) is 6. The zero-order valence-corrected chi connectivity index (χ0v) is 16.7. The third-order valence-electron chi connectivity index (χ3n) is 4.47. The lowest BCUT2D eigenvalue weighted by molar-refractivity contribution is -0.121. The standard InChI is InChI=1S/C20H30N4OS/c1-3-4-5-6-7-8-9-14-21-18(25)15-24-19(22-23-20(24)26)17-12-10-16(2)11-13-17/h10-13H,3-9,14-15H2,1-2H3,(H,21,25)(H,23,26). The van der Waals surface area contributed by atoms with Gasteiger partial charge in [0.05, 0.1) is 0 Å². The van der Waals surface area contributed by atoms with Crippen molar-refractivity contribution in [2.75, 3.05) is 6.54 Å². The van der Waals surface area contributed by atoms with E-state index in [2.05, 4.69) is 22.4 Å². The molecule has 142 valence electrons. The molecule has 2 N–H and O–H groups in total. The molecule has 0 saturated heterocycles. The average Bonchev–Trinajstić information content (AvgIpc) is 2.98. The highest BCUT2D eigenvalue weighted by Gasteiger charge is 2.12. The smallest absolute Gasteiger partial charge is 0.240 e. The molecule has 0 bridgehead atoms. The number of carbonyl (C=O) groups is 1. The van der Waals surface area contributed by atoms with Gasteiger partial charge in [0, 0.05) is 12.1 Å². The molecule has 0 saturated carbocycles. The molecular formula is C20H30N4OS. The van der Waals surface area contributed by atoms with E-state index in [0.29, 0.717) is 10.6 Å². The second-order valence-corrected chi connectivity index (χ2v) is 7.16. The van der Waals surface area contributed by atoms with E-state index in [-0.39, 0.29) is 12.5 Å². The monoisotopic (exact) mass is 374 g/mol. The largest absolute Gasteiger partial charge is 0.355 e. The minimum atomic E-state index is -0.0261. The third-order valence-corrected chi connectivity index (χ3v) is 4.78. The lowest BCUT2D eigenvalue weighted by atomic mass is 10.1. The molecule has 1 amide bonds. The number of nitrogens with zero attached hydrogens (tertiary/aromatic N) is 2. The number of hydrogen-bond donors (Lipinski definition) is 2. The Morgan fingerprint density at radius 3 is 2.46 bits per heavy atom. The van der Waals surface area contributed by atoms with Gasteiger partial charge in [0.25, 0.3) is 0 Å². The van der Waals surface area contributed by atoms with Gasteiger partial charge in [-0.25, -0.2) is 0 Å². The van der Waals surface area contributed by atoms with Crippen molar-refractivity contribution in [1.29, 1.82) is 0 Å². The topological polar surface area (TPSA) is 62.7 Å². The average molecular weight is 375 g/mol. The Balaban J connectivity index is 1.80. The lowest BCUT2D eigenvalue weighted by Gasteiger charge is -2.08. The Kier molecular flexibility index (Phi) is 8.54. The van der Waals surface area contributed by atoms with Crippen LogP contribution in [-0.4, -0.2) is 27.2 Å². The van der Waals surface area contributed by atoms with E-state index in [0.717, 1.165) is 18.5 Å². The van der Waals surface area contributed by atoms with Gasteiger partial charge in [-0.3, -0.25) is 14.5 Å². The molecule has 0 aliphatic carbocycles. The van der Waals surface area contributed by atoms with E-state index in [9.17, 15) is 4.79 Å². The number of carbonyl (C=O) groups excluding carboxylic acids is 1. The van der Waals surface area contributed by atoms with Crippen LogP contribution < -0.4 is 5.32 Å². The van der Waals surface area contributed by atoms with Gasteiger partial charge in [-0.1, -0.05) is 75.3 Å². The quantitative estimate of drug-likeness (QED) is 0.439. The number of aromatic nitrogens is 3. The van der Waals surface area contributed by atoms with Crippen molar-refractivity contribution in [3.05, 3.63) is 34.6 Å². The van der Waals surface area contributed by atoms with Gasteiger partial charge in [0.15, 0.2) is 10.6 Å². The first-order chi connectivity index (χ1) is 12.6. The summed E-state index contributed by atoms with van der Waals surface area (Å²) in [6.45, 7) is 5.18. The first-order valence-corrected chi connectivity index (χ1v) is 10.0. The van der Waals surface area contributed by atoms with Crippen LogP contribution in [0.2, 0.25) is 0 Å². The molecular weight excluding hydrogens is 344 g/mol. The van der Waals surface area contributed by atoms with E-state index in [4.69, 9.17) is 12.2 Å². The zero-order chi connectivity index (χ0) is 18.8. The Morgan fingerprint density at radius 1 is 1.12 bits per heavy atom. The van der Waals surface area contributed by atoms with Crippen molar-refractivity contribution in [2.45, 2.75) is 65.3 Å². The van der Waals surface area contributed by atoms with E-state index < -0.39 is 0 Å². The van der Waals surface area contributed by atoms with Crippen LogP contribution in [-0.2, 0) is 11.3 Å². The number of aryl methyl sites for hydroxylation is 1. The van der Waals surface area contributed by atoms with Crippen LogP contribution in [0.3, 0.4) is 0 Å².